The number of hydrogen-bond donors (Lipinski definition) is 1. The van der Waals surface area contributed by atoms with Gasteiger partial charge in [0.05, 0.1) is 11.4 Å². The molecule has 0 heterocycles. The molecule has 0 aromatic heterocycles. The Kier molecular flexibility index (Phi) is 6.85. The lowest BCUT2D eigenvalue weighted by molar-refractivity contribution is -0.122. The van der Waals surface area contributed by atoms with Crippen LogP contribution >= 0.6 is 11.6 Å². The van der Waals surface area contributed by atoms with E-state index in [4.69, 9.17) is 11.6 Å². The molecule has 2 rings (SSSR count). The zero-order valence-corrected chi connectivity index (χ0v) is 17.9. The van der Waals surface area contributed by atoms with Gasteiger partial charge in [0.15, 0.2) is 0 Å². The van der Waals surface area contributed by atoms with Crippen molar-refractivity contribution in [3.63, 3.8) is 0 Å². The number of nitrogens with zero attached hydrogens (tertiary/aromatic N) is 1. The number of nitrogens with one attached hydrogen (secondary N) is 1. The molecule has 0 spiro atoms. The fourth-order valence-corrected chi connectivity index (χ4v) is 4.15. The molecule has 0 saturated heterocycles. The first kappa shape index (κ1) is 22.3. The third-order valence-corrected chi connectivity index (χ3v) is 6.05. The molecule has 5 nitrogen and oxygen atoms in total. The van der Waals surface area contributed by atoms with E-state index in [1.807, 2.05) is 6.92 Å². The highest BCUT2D eigenvalue weighted by Gasteiger charge is 2.29. The van der Waals surface area contributed by atoms with E-state index in [1.54, 1.807) is 32.9 Å². The first-order valence-corrected chi connectivity index (χ1v) is 10.5. The van der Waals surface area contributed by atoms with Crippen LogP contribution in [-0.2, 0) is 21.4 Å². The lowest BCUT2D eigenvalue weighted by Crippen LogP contribution is -2.47. The Morgan fingerprint density at radius 3 is 2.29 bits per heavy atom. The van der Waals surface area contributed by atoms with Crippen molar-refractivity contribution < 1.29 is 17.6 Å². The lowest BCUT2D eigenvalue weighted by Gasteiger charge is -2.26. The predicted octanol–water partition coefficient (Wildman–Crippen LogP) is 3.89. The van der Waals surface area contributed by atoms with E-state index in [1.165, 1.54) is 30.3 Å². The summed E-state index contributed by atoms with van der Waals surface area (Å²) in [6.07, 6.45) is 0. The number of carbonyl (C=O) groups excluding carboxylic acids is 1. The van der Waals surface area contributed by atoms with Crippen molar-refractivity contribution in [3.05, 3.63) is 64.4 Å². The fraction of sp³-hybridized carbons (Fsp3) is 0.350. The molecule has 2 aromatic rings. The first-order chi connectivity index (χ1) is 12.9. The normalized spacial score (nSPS) is 12.2. The van der Waals surface area contributed by atoms with Crippen LogP contribution in [0.15, 0.2) is 47.4 Å². The van der Waals surface area contributed by atoms with E-state index in [2.05, 4.69) is 5.32 Å². The van der Waals surface area contributed by atoms with Gasteiger partial charge in [0.2, 0.25) is 15.9 Å². The minimum Gasteiger partial charge on any atom is -0.350 e. The van der Waals surface area contributed by atoms with E-state index in [9.17, 15) is 17.6 Å². The molecule has 0 unspecified atom stereocenters. The smallest absolute Gasteiger partial charge is 0.243 e. The molecule has 0 aliphatic carbocycles. The van der Waals surface area contributed by atoms with Crippen molar-refractivity contribution in [1.82, 2.24) is 9.62 Å². The molecule has 2 aromatic carbocycles. The maximum atomic E-state index is 14.3. The Morgan fingerprint density at radius 1 is 1.14 bits per heavy atom. The highest BCUT2D eigenvalue weighted by molar-refractivity contribution is 7.89. The maximum absolute atomic E-state index is 14.3. The Labute approximate surface area is 170 Å². The Balaban J connectivity index is 2.43. The average Bonchev–Trinajstić information content (AvgIpc) is 2.56. The second-order valence-electron chi connectivity index (χ2n) is 7.58. The molecule has 0 aliphatic heterocycles. The van der Waals surface area contributed by atoms with Crippen molar-refractivity contribution in [3.8, 4) is 0 Å². The standard InChI is InChI=1S/C20H24ClFN2O3S/c1-14-8-10-15(11-9-14)28(26,27)24(13-19(25)23-20(2,3)4)12-16-17(21)6-5-7-18(16)22/h5-11H,12-13H2,1-4H3,(H,23,25). The van der Waals surface area contributed by atoms with Crippen molar-refractivity contribution in [2.24, 2.45) is 0 Å². The number of sulfonamides is 1. The second kappa shape index (κ2) is 8.59. The number of hydrogen-bond acceptors (Lipinski definition) is 3. The Bertz CT molecular complexity index is 934. The average molecular weight is 427 g/mol. The zero-order chi connectivity index (χ0) is 21.1. The van der Waals surface area contributed by atoms with Crippen molar-refractivity contribution in [1.29, 1.82) is 0 Å². The van der Waals surface area contributed by atoms with Gasteiger partial charge in [-0.2, -0.15) is 4.31 Å². The van der Waals surface area contributed by atoms with Gasteiger partial charge >= 0.3 is 0 Å². The maximum Gasteiger partial charge on any atom is 0.243 e. The van der Waals surface area contributed by atoms with Gasteiger partial charge in [-0.15, -0.1) is 0 Å². The summed E-state index contributed by atoms with van der Waals surface area (Å²) in [5.41, 5.74) is 0.378. The lowest BCUT2D eigenvalue weighted by atomic mass is 10.1. The molecular weight excluding hydrogens is 403 g/mol. The fourth-order valence-electron chi connectivity index (χ4n) is 2.56. The quantitative estimate of drug-likeness (QED) is 0.761. The zero-order valence-electron chi connectivity index (χ0n) is 16.3. The summed E-state index contributed by atoms with van der Waals surface area (Å²) in [7, 11) is -4.05. The topological polar surface area (TPSA) is 66.5 Å². The molecule has 0 radical (unpaired) electrons. The van der Waals surface area contributed by atoms with Crippen molar-refractivity contribution >= 4 is 27.5 Å². The van der Waals surface area contributed by atoms with Gasteiger partial charge in [0.25, 0.3) is 0 Å². The molecule has 0 atom stereocenters. The van der Waals surface area contributed by atoms with Crippen LogP contribution in [0, 0.1) is 12.7 Å². The van der Waals surface area contributed by atoms with Gasteiger partial charge in [0.1, 0.15) is 5.82 Å². The van der Waals surface area contributed by atoms with E-state index >= 15 is 0 Å². The number of carbonyl (C=O) groups is 1. The van der Waals surface area contributed by atoms with Crippen molar-refractivity contribution in [2.75, 3.05) is 6.54 Å². The molecule has 1 amide bonds. The third kappa shape index (κ3) is 5.77. The first-order valence-electron chi connectivity index (χ1n) is 8.71. The molecule has 152 valence electrons. The van der Waals surface area contributed by atoms with E-state index in [0.717, 1.165) is 9.87 Å². The van der Waals surface area contributed by atoms with E-state index < -0.39 is 33.8 Å². The Morgan fingerprint density at radius 2 is 1.75 bits per heavy atom. The van der Waals surface area contributed by atoms with Crippen LogP contribution in [0.5, 0.6) is 0 Å². The largest absolute Gasteiger partial charge is 0.350 e. The summed E-state index contributed by atoms with van der Waals surface area (Å²) < 4.78 is 41.5. The van der Waals surface area contributed by atoms with Gasteiger partial charge < -0.3 is 5.32 Å². The summed E-state index contributed by atoms with van der Waals surface area (Å²) in [6, 6.07) is 10.4. The van der Waals surface area contributed by atoms with E-state index in [-0.39, 0.29) is 22.0 Å². The van der Waals surface area contributed by atoms with E-state index in [0.29, 0.717) is 0 Å². The number of rotatable bonds is 6. The van der Waals surface area contributed by atoms with Gasteiger partial charge in [-0.05, 0) is 52.0 Å². The highest BCUT2D eigenvalue weighted by Crippen LogP contribution is 2.25. The summed E-state index contributed by atoms with van der Waals surface area (Å²) >= 11 is 6.07. The summed E-state index contributed by atoms with van der Waals surface area (Å²) in [5, 5.41) is 2.82. The van der Waals surface area contributed by atoms with Crippen LogP contribution < -0.4 is 5.32 Å². The molecule has 0 aliphatic rings. The molecular formula is C20H24ClFN2O3S. The summed E-state index contributed by atoms with van der Waals surface area (Å²) in [6.45, 7) is 6.38. The van der Waals surface area contributed by atoms with Crippen LogP contribution in [0.1, 0.15) is 31.9 Å². The second-order valence-corrected chi connectivity index (χ2v) is 9.93. The van der Waals surface area contributed by atoms with Crippen LogP contribution in [0.3, 0.4) is 0 Å². The van der Waals surface area contributed by atoms with Gasteiger partial charge in [0, 0.05) is 22.7 Å². The van der Waals surface area contributed by atoms with Crippen LogP contribution in [-0.4, -0.2) is 30.7 Å². The number of benzene rings is 2. The number of amides is 1. The highest BCUT2D eigenvalue weighted by atomic mass is 35.5. The Hall–Kier alpha value is -1.96. The monoisotopic (exact) mass is 426 g/mol. The third-order valence-electron chi connectivity index (χ3n) is 3.89. The molecule has 0 bridgehead atoms. The minimum atomic E-state index is -4.05. The number of halogens is 2. The molecule has 0 fully saturated rings. The van der Waals surface area contributed by atoms with Gasteiger partial charge in [-0.1, -0.05) is 35.4 Å². The molecule has 1 N–H and O–H groups in total. The summed E-state index contributed by atoms with van der Waals surface area (Å²) in [5.74, 6) is -1.12. The van der Waals surface area contributed by atoms with Crippen LogP contribution in [0.4, 0.5) is 4.39 Å². The molecule has 8 heteroatoms. The summed E-state index contributed by atoms with van der Waals surface area (Å²) in [4.78, 5) is 12.4. The minimum absolute atomic E-state index is 0.0170. The number of aryl methyl sites for hydroxylation is 1. The van der Waals surface area contributed by atoms with Crippen molar-refractivity contribution in [2.45, 2.75) is 44.7 Å². The SMILES string of the molecule is Cc1ccc(S(=O)(=O)N(CC(=O)NC(C)(C)C)Cc2c(F)cccc2Cl)cc1. The molecule has 0 saturated carbocycles. The van der Waals surface area contributed by atoms with Gasteiger partial charge in [-0.25, -0.2) is 12.8 Å². The predicted molar refractivity (Wildman–Crippen MR) is 108 cm³/mol. The van der Waals surface area contributed by atoms with Crippen LogP contribution in [0.2, 0.25) is 5.02 Å². The van der Waals surface area contributed by atoms with Crippen LogP contribution in [0.25, 0.3) is 0 Å². The van der Waals surface area contributed by atoms with Gasteiger partial charge in [-0.3, -0.25) is 4.79 Å². The molecule has 28 heavy (non-hydrogen) atoms.